The van der Waals surface area contributed by atoms with Crippen LogP contribution in [0.2, 0.25) is 0 Å². The lowest BCUT2D eigenvalue weighted by Crippen LogP contribution is -2.29. The van der Waals surface area contributed by atoms with Crippen LogP contribution in [0.5, 0.6) is 0 Å². The summed E-state index contributed by atoms with van der Waals surface area (Å²) < 4.78 is 30.4. The monoisotopic (exact) mass is 190 g/mol. The molecule has 0 saturated heterocycles. The van der Waals surface area contributed by atoms with E-state index in [0.717, 1.165) is 0 Å². The highest BCUT2D eigenvalue weighted by molar-refractivity contribution is 5.44. The smallest absolute Gasteiger partial charge is 0.248 e. The molecule has 0 bridgehead atoms. The van der Waals surface area contributed by atoms with Crippen molar-refractivity contribution in [2.45, 2.75) is 37.7 Å². The van der Waals surface area contributed by atoms with Gasteiger partial charge in [-0.25, -0.2) is 13.6 Å². The lowest BCUT2D eigenvalue weighted by Gasteiger charge is -2.27. The molecule has 1 aliphatic rings. The maximum Gasteiger partial charge on any atom is 0.248 e. The molecule has 1 rings (SSSR count). The van der Waals surface area contributed by atoms with Gasteiger partial charge in [0.25, 0.3) is 0 Å². The largest absolute Gasteiger partial charge is 0.373 e. The molecule has 0 spiro atoms. The zero-order valence-corrected chi connectivity index (χ0v) is 7.26. The molecule has 0 aromatic heterocycles. The van der Waals surface area contributed by atoms with E-state index in [1.54, 1.807) is 5.94 Å². The van der Waals surface area contributed by atoms with E-state index in [4.69, 9.17) is 4.74 Å². The van der Waals surface area contributed by atoms with Crippen molar-refractivity contribution in [2.75, 3.05) is 6.61 Å². The van der Waals surface area contributed by atoms with Crippen LogP contribution in [-0.4, -0.2) is 24.6 Å². The number of hydrogen-bond donors (Lipinski definition) is 0. The van der Waals surface area contributed by atoms with E-state index < -0.39 is 5.92 Å². The van der Waals surface area contributed by atoms with Gasteiger partial charge in [-0.15, -0.1) is 0 Å². The number of ether oxygens (including phenoxy) is 1. The van der Waals surface area contributed by atoms with Crippen molar-refractivity contribution in [1.82, 2.24) is 0 Å². The SMILES string of the molecule is O=C=CCOC1CCC(F)(F)CC1. The molecule has 0 amide bonds. The summed E-state index contributed by atoms with van der Waals surface area (Å²) in [7, 11) is 0. The Kier molecular flexibility index (Phi) is 3.58. The van der Waals surface area contributed by atoms with Gasteiger partial charge < -0.3 is 4.74 Å². The fraction of sp³-hybridized carbons (Fsp3) is 0.778. The average molecular weight is 190 g/mol. The molecule has 0 atom stereocenters. The van der Waals surface area contributed by atoms with Gasteiger partial charge in [-0.3, -0.25) is 0 Å². The van der Waals surface area contributed by atoms with Gasteiger partial charge >= 0.3 is 0 Å². The van der Waals surface area contributed by atoms with E-state index in [9.17, 15) is 13.6 Å². The van der Waals surface area contributed by atoms with Crippen LogP contribution in [0.3, 0.4) is 0 Å². The highest BCUT2D eigenvalue weighted by Gasteiger charge is 2.34. The molecule has 0 N–H and O–H groups in total. The van der Waals surface area contributed by atoms with Crippen LogP contribution in [-0.2, 0) is 9.53 Å². The van der Waals surface area contributed by atoms with Gasteiger partial charge in [-0.05, 0) is 12.8 Å². The van der Waals surface area contributed by atoms with Crippen LogP contribution in [0.15, 0.2) is 6.08 Å². The maximum atomic E-state index is 12.6. The highest BCUT2D eigenvalue weighted by Crippen LogP contribution is 2.34. The van der Waals surface area contributed by atoms with Crippen molar-refractivity contribution in [3.05, 3.63) is 6.08 Å². The van der Waals surface area contributed by atoms with Gasteiger partial charge in [0.05, 0.1) is 12.7 Å². The molecule has 0 aromatic carbocycles. The Balaban J connectivity index is 2.21. The van der Waals surface area contributed by atoms with Crippen LogP contribution in [0.4, 0.5) is 8.78 Å². The fourth-order valence-corrected chi connectivity index (χ4v) is 1.40. The molecule has 0 aromatic rings. The predicted molar refractivity (Wildman–Crippen MR) is 43.4 cm³/mol. The molecule has 4 heteroatoms. The molecule has 0 unspecified atom stereocenters. The Morgan fingerprint density at radius 3 is 2.62 bits per heavy atom. The van der Waals surface area contributed by atoms with Gasteiger partial charge in [0.1, 0.15) is 5.94 Å². The fourth-order valence-electron chi connectivity index (χ4n) is 1.40. The Hall–Kier alpha value is -0.730. The van der Waals surface area contributed by atoms with Crippen molar-refractivity contribution in [1.29, 1.82) is 0 Å². The molecular weight excluding hydrogens is 178 g/mol. The maximum absolute atomic E-state index is 12.6. The van der Waals surface area contributed by atoms with Crippen LogP contribution >= 0.6 is 0 Å². The van der Waals surface area contributed by atoms with Crippen LogP contribution < -0.4 is 0 Å². The number of halogens is 2. The molecule has 0 heterocycles. The van der Waals surface area contributed by atoms with Crippen molar-refractivity contribution >= 4 is 5.94 Å². The second-order valence-corrected chi connectivity index (χ2v) is 3.21. The summed E-state index contributed by atoms with van der Waals surface area (Å²) in [6.07, 6.45) is 1.63. The lowest BCUT2D eigenvalue weighted by atomic mass is 9.94. The lowest BCUT2D eigenvalue weighted by molar-refractivity contribution is -0.0763. The molecule has 1 saturated carbocycles. The molecule has 2 nitrogen and oxygen atoms in total. The highest BCUT2D eigenvalue weighted by atomic mass is 19.3. The summed E-state index contributed by atoms with van der Waals surface area (Å²) >= 11 is 0. The summed E-state index contributed by atoms with van der Waals surface area (Å²) in [5.74, 6) is -0.938. The summed E-state index contributed by atoms with van der Waals surface area (Å²) in [6, 6.07) is 0. The standard InChI is InChI=1S/C9H12F2O2/c10-9(11)4-2-8(3-5-9)13-7-1-6-12/h1,8H,2-5,7H2. The van der Waals surface area contributed by atoms with E-state index in [-0.39, 0.29) is 25.6 Å². The number of rotatable bonds is 3. The first-order valence-electron chi connectivity index (χ1n) is 4.33. The Morgan fingerprint density at radius 1 is 1.46 bits per heavy atom. The zero-order chi connectivity index (χ0) is 9.73. The third kappa shape index (κ3) is 3.66. The zero-order valence-electron chi connectivity index (χ0n) is 7.26. The van der Waals surface area contributed by atoms with Crippen molar-refractivity contribution in [2.24, 2.45) is 0 Å². The van der Waals surface area contributed by atoms with E-state index in [0.29, 0.717) is 12.8 Å². The summed E-state index contributed by atoms with van der Waals surface area (Å²) in [5.41, 5.74) is 0. The second-order valence-electron chi connectivity index (χ2n) is 3.21. The van der Waals surface area contributed by atoms with Crippen LogP contribution in [0.25, 0.3) is 0 Å². The minimum absolute atomic E-state index is 0.109. The number of hydrogen-bond acceptors (Lipinski definition) is 2. The molecule has 1 fully saturated rings. The minimum Gasteiger partial charge on any atom is -0.373 e. The first-order chi connectivity index (χ1) is 6.14. The quantitative estimate of drug-likeness (QED) is 0.636. The third-order valence-corrected chi connectivity index (χ3v) is 2.16. The Morgan fingerprint density at radius 2 is 2.08 bits per heavy atom. The van der Waals surface area contributed by atoms with Crippen LogP contribution in [0.1, 0.15) is 25.7 Å². The molecular formula is C9H12F2O2. The van der Waals surface area contributed by atoms with Gasteiger partial charge in [-0.1, -0.05) is 0 Å². The normalized spacial score (nSPS) is 22.3. The van der Waals surface area contributed by atoms with Crippen LogP contribution in [0, 0.1) is 0 Å². The minimum atomic E-state index is -2.51. The van der Waals surface area contributed by atoms with E-state index >= 15 is 0 Å². The van der Waals surface area contributed by atoms with E-state index in [1.165, 1.54) is 6.08 Å². The molecule has 74 valence electrons. The topological polar surface area (TPSA) is 26.3 Å². The average Bonchev–Trinajstić information content (AvgIpc) is 2.08. The Labute approximate surface area is 75.6 Å². The predicted octanol–water partition coefficient (Wildman–Crippen LogP) is 1.97. The Bertz CT molecular complexity index is 200. The van der Waals surface area contributed by atoms with Gasteiger partial charge in [0, 0.05) is 18.9 Å². The van der Waals surface area contributed by atoms with Crippen molar-refractivity contribution in [3.8, 4) is 0 Å². The van der Waals surface area contributed by atoms with Crippen molar-refractivity contribution in [3.63, 3.8) is 0 Å². The first kappa shape index (κ1) is 10.4. The van der Waals surface area contributed by atoms with E-state index in [2.05, 4.69) is 0 Å². The molecule has 0 aliphatic heterocycles. The summed E-state index contributed by atoms with van der Waals surface area (Å²) in [4.78, 5) is 9.77. The molecule has 0 radical (unpaired) electrons. The van der Waals surface area contributed by atoms with E-state index in [1.807, 2.05) is 0 Å². The summed E-state index contributed by atoms with van der Waals surface area (Å²) in [6.45, 7) is 0.180. The molecule has 13 heavy (non-hydrogen) atoms. The molecule has 1 aliphatic carbocycles. The van der Waals surface area contributed by atoms with Crippen molar-refractivity contribution < 1.29 is 18.3 Å². The number of alkyl halides is 2. The van der Waals surface area contributed by atoms with Gasteiger partial charge in [-0.2, -0.15) is 0 Å². The second kappa shape index (κ2) is 4.49. The van der Waals surface area contributed by atoms with Gasteiger partial charge in [0.2, 0.25) is 5.92 Å². The number of carbonyl (C=O) groups excluding carboxylic acids is 1. The summed E-state index contributed by atoms with van der Waals surface area (Å²) in [5, 5.41) is 0. The first-order valence-corrected chi connectivity index (χ1v) is 4.33. The van der Waals surface area contributed by atoms with Gasteiger partial charge in [0.15, 0.2) is 0 Å². The third-order valence-electron chi connectivity index (χ3n) is 2.16.